The number of hydrogen-bond donors (Lipinski definition) is 3. The summed E-state index contributed by atoms with van der Waals surface area (Å²) in [6.07, 6.45) is 2.31. The molecule has 0 aliphatic carbocycles. The predicted molar refractivity (Wildman–Crippen MR) is 85.4 cm³/mol. The molecule has 1 atom stereocenters. The summed E-state index contributed by atoms with van der Waals surface area (Å²) in [6, 6.07) is 9.76. The lowest BCUT2D eigenvalue weighted by atomic mass is 10.1. The van der Waals surface area contributed by atoms with Crippen molar-refractivity contribution in [1.82, 2.24) is 19.7 Å². The number of aryl methyl sites for hydroxylation is 1. The Morgan fingerprint density at radius 2 is 2.05 bits per heavy atom. The van der Waals surface area contributed by atoms with E-state index in [4.69, 9.17) is 5.73 Å². The van der Waals surface area contributed by atoms with Crippen LogP contribution in [0.5, 0.6) is 0 Å². The van der Waals surface area contributed by atoms with Crippen molar-refractivity contribution in [2.24, 2.45) is 7.05 Å². The van der Waals surface area contributed by atoms with Gasteiger partial charge in [0.1, 0.15) is 5.82 Å². The summed E-state index contributed by atoms with van der Waals surface area (Å²) in [6.45, 7) is -0.0262. The van der Waals surface area contributed by atoms with Crippen LogP contribution >= 0.6 is 0 Å². The van der Waals surface area contributed by atoms with Gasteiger partial charge in [-0.3, -0.25) is 4.68 Å². The van der Waals surface area contributed by atoms with Crippen LogP contribution in [0, 0.1) is 0 Å². The van der Waals surface area contributed by atoms with Gasteiger partial charge in [0.05, 0.1) is 24.2 Å². The second kappa shape index (κ2) is 5.98. The average molecular weight is 298 g/mol. The first kappa shape index (κ1) is 14.3. The Balaban J connectivity index is 1.83. The fourth-order valence-electron chi connectivity index (χ4n) is 2.35. The molecule has 4 N–H and O–H groups in total. The zero-order valence-electron chi connectivity index (χ0n) is 12.3. The van der Waals surface area contributed by atoms with Gasteiger partial charge in [0.25, 0.3) is 0 Å². The van der Waals surface area contributed by atoms with E-state index in [0.717, 1.165) is 10.9 Å². The largest absolute Gasteiger partial charge is 0.394 e. The Labute approximate surface area is 127 Å². The first-order chi connectivity index (χ1) is 10.7. The molecule has 1 aromatic carbocycles. The minimum Gasteiger partial charge on any atom is -0.394 e. The molecule has 1 unspecified atom stereocenters. The van der Waals surface area contributed by atoms with Crippen LogP contribution in [0.15, 0.2) is 36.5 Å². The number of nitrogens with zero attached hydrogens (tertiary/aromatic N) is 4. The van der Waals surface area contributed by atoms with E-state index in [1.54, 1.807) is 17.9 Å². The number of aliphatic hydroxyl groups excluding tert-OH is 1. The fourth-order valence-corrected chi connectivity index (χ4v) is 2.35. The molecule has 7 heteroatoms. The van der Waals surface area contributed by atoms with Gasteiger partial charge in [0.15, 0.2) is 5.65 Å². The van der Waals surface area contributed by atoms with Crippen LogP contribution in [0.25, 0.3) is 11.0 Å². The Morgan fingerprint density at radius 3 is 2.77 bits per heavy atom. The number of hydrogen-bond acceptors (Lipinski definition) is 6. The molecule has 22 heavy (non-hydrogen) atoms. The van der Waals surface area contributed by atoms with Crippen molar-refractivity contribution in [3.63, 3.8) is 0 Å². The van der Waals surface area contributed by atoms with Crippen LogP contribution in [-0.2, 0) is 13.5 Å². The molecule has 0 amide bonds. The highest BCUT2D eigenvalue weighted by atomic mass is 16.3. The summed E-state index contributed by atoms with van der Waals surface area (Å²) in [5.41, 5.74) is 7.72. The van der Waals surface area contributed by atoms with Crippen molar-refractivity contribution in [1.29, 1.82) is 0 Å². The number of nitrogens with one attached hydrogen (secondary N) is 1. The molecule has 0 saturated carbocycles. The van der Waals surface area contributed by atoms with E-state index in [2.05, 4.69) is 20.4 Å². The summed E-state index contributed by atoms with van der Waals surface area (Å²) in [5.74, 6) is 0.764. The maximum absolute atomic E-state index is 9.58. The van der Waals surface area contributed by atoms with Crippen molar-refractivity contribution in [2.75, 3.05) is 17.7 Å². The van der Waals surface area contributed by atoms with E-state index in [-0.39, 0.29) is 12.6 Å². The molecule has 0 radical (unpaired) electrons. The van der Waals surface area contributed by atoms with Crippen LogP contribution in [-0.4, -0.2) is 37.5 Å². The maximum Gasteiger partial charge on any atom is 0.227 e. The monoisotopic (exact) mass is 298 g/mol. The number of fused-ring (bicyclic) bond motifs is 1. The number of nitrogen functional groups attached to an aromatic ring is 1. The molecule has 0 aliphatic heterocycles. The Kier molecular flexibility index (Phi) is 3.88. The van der Waals surface area contributed by atoms with Crippen LogP contribution in [0.1, 0.15) is 5.56 Å². The third kappa shape index (κ3) is 2.84. The van der Waals surface area contributed by atoms with Crippen LogP contribution in [0.2, 0.25) is 0 Å². The zero-order chi connectivity index (χ0) is 15.5. The van der Waals surface area contributed by atoms with Crippen molar-refractivity contribution in [3.05, 3.63) is 42.1 Å². The van der Waals surface area contributed by atoms with Gasteiger partial charge < -0.3 is 16.2 Å². The molecule has 114 valence electrons. The molecular formula is C15H18N6O. The fraction of sp³-hybridized carbons (Fsp3) is 0.267. The number of anilines is 2. The van der Waals surface area contributed by atoms with E-state index in [0.29, 0.717) is 23.8 Å². The van der Waals surface area contributed by atoms with Crippen molar-refractivity contribution >= 4 is 22.8 Å². The Morgan fingerprint density at radius 1 is 1.27 bits per heavy atom. The first-order valence-corrected chi connectivity index (χ1v) is 7.04. The standard InChI is InChI=1S/C15H18N6O/c1-21-14-12(8-17-21)13(16)19-15(20-14)18-11(9-22)7-10-5-3-2-4-6-10/h2-6,8,11,22H,7,9H2,1H3,(H3,16,18,19,20). The molecule has 3 aromatic rings. The van der Waals surface area contributed by atoms with Gasteiger partial charge >= 0.3 is 0 Å². The number of rotatable bonds is 5. The van der Waals surface area contributed by atoms with Gasteiger partial charge in [-0.2, -0.15) is 15.1 Å². The lowest BCUT2D eigenvalue weighted by molar-refractivity contribution is 0.273. The lowest BCUT2D eigenvalue weighted by Crippen LogP contribution is -2.27. The molecular weight excluding hydrogens is 280 g/mol. The second-order valence-corrected chi connectivity index (χ2v) is 5.15. The zero-order valence-corrected chi connectivity index (χ0v) is 12.3. The highest BCUT2D eigenvalue weighted by Crippen LogP contribution is 2.19. The maximum atomic E-state index is 9.58. The molecule has 0 aliphatic rings. The first-order valence-electron chi connectivity index (χ1n) is 7.04. The summed E-state index contributed by atoms with van der Waals surface area (Å²) < 4.78 is 1.64. The summed E-state index contributed by atoms with van der Waals surface area (Å²) >= 11 is 0. The van der Waals surface area contributed by atoms with E-state index in [9.17, 15) is 5.11 Å². The highest BCUT2D eigenvalue weighted by molar-refractivity contribution is 5.86. The third-order valence-electron chi connectivity index (χ3n) is 3.50. The minimum absolute atomic E-state index is 0.0262. The van der Waals surface area contributed by atoms with E-state index in [1.807, 2.05) is 30.3 Å². The molecule has 2 aromatic heterocycles. The van der Waals surface area contributed by atoms with Gasteiger partial charge in [-0.1, -0.05) is 30.3 Å². The molecule has 0 saturated heterocycles. The normalized spacial score (nSPS) is 12.5. The average Bonchev–Trinajstić information content (AvgIpc) is 2.90. The smallest absolute Gasteiger partial charge is 0.227 e. The molecule has 0 fully saturated rings. The number of aromatic nitrogens is 4. The van der Waals surface area contributed by atoms with Crippen molar-refractivity contribution in [2.45, 2.75) is 12.5 Å². The molecule has 0 spiro atoms. The van der Waals surface area contributed by atoms with Crippen molar-refractivity contribution in [3.8, 4) is 0 Å². The van der Waals surface area contributed by atoms with Gasteiger partial charge in [-0.25, -0.2) is 0 Å². The molecule has 0 bridgehead atoms. The lowest BCUT2D eigenvalue weighted by Gasteiger charge is -2.16. The molecule has 7 nitrogen and oxygen atoms in total. The van der Waals surface area contributed by atoms with Crippen LogP contribution in [0.3, 0.4) is 0 Å². The van der Waals surface area contributed by atoms with Crippen molar-refractivity contribution < 1.29 is 5.11 Å². The summed E-state index contributed by atoms with van der Waals surface area (Å²) in [7, 11) is 1.80. The van der Waals surface area contributed by atoms with E-state index in [1.165, 1.54) is 0 Å². The second-order valence-electron chi connectivity index (χ2n) is 5.15. The topological polar surface area (TPSA) is 102 Å². The number of aliphatic hydroxyl groups is 1. The number of benzene rings is 1. The van der Waals surface area contributed by atoms with Gasteiger partial charge in [-0.15, -0.1) is 0 Å². The summed E-state index contributed by atoms with van der Waals surface area (Å²) in [4.78, 5) is 8.65. The molecule has 3 rings (SSSR count). The predicted octanol–water partition coefficient (Wildman–Crippen LogP) is 0.961. The summed E-state index contributed by atoms with van der Waals surface area (Å²) in [5, 5.41) is 17.6. The minimum atomic E-state index is -0.188. The van der Waals surface area contributed by atoms with Gasteiger partial charge in [0, 0.05) is 7.05 Å². The number of nitrogens with two attached hydrogens (primary N) is 1. The van der Waals surface area contributed by atoms with Gasteiger partial charge in [0.2, 0.25) is 5.95 Å². The van der Waals surface area contributed by atoms with E-state index >= 15 is 0 Å². The SMILES string of the molecule is Cn1ncc2c(N)nc(NC(CO)Cc3ccccc3)nc21. The Hall–Kier alpha value is -2.67. The quantitative estimate of drug-likeness (QED) is 0.648. The third-order valence-corrected chi connectivity index (χ3v) is 3.50. The van der Waals surface area contributed by atoms with Gasteiger partial charge in [-0.05, 0) is 12.0 Å². The van der Waals surface area contributed by atoms with E-state index < -0.39 is 0 Å². The highest BCUT2D eigenvalue weighted by Gasteiger charge is 2.13. The van der Waals surface area contributed by atoms with Crippen LogP contribution < -0.4 is 11.1 Å². The Bertz CT molecular complexity index is 770. The molecule has 2 heterocycles. The van der Waals surface area contributed by atoms with Crippen LogP contribution in [0.4, 0.5) is 11.8 Å².